The number of nitrogens with one attached hydrogen (secondary N) is 1. The molecule has 0 unspecified atom stereocenters. The van der Waals surface area contributed by atoms with E-state index in [9.17, 15) is 4.79 Å². The number of carbonyl (C=O) groups excluding carboxylic acids is 1. The fourth-order valence-electron chi connectivity index (χ4n) is 3.04. The molecule has 0 atom stereocenters. The minimum atomic E-state index is 0.0434. The average molecular weight is 343 g/mol. The molecule has 25 heavy (non-hydrogen) atoms. The Bertz CT molecular complexity index is 707. The molecule has 0 bridgehead atoms. The van der Waals surface area contributed by atoms with Gasteiger partial charge in [0.15, 0.2) is 0 Å². The Morgan fingerprint density at radius 1 is 1.16 bits per heavy atom. The number of amides is 1. The quantitative estimate of drug-likeness (QED) is 0.860. The van der Waals surface area contributed by atoms with Gasteiger partial charge in [0.1, 0.15) is 0 Å². The highest BCUT2D eigenvalue weighted by molar-refractivity contribution is 5.93. The minimum absolute atomic E-state index is 0.0434. The summed E-state index contributed by atoms with van der Waals surface area (Å²) in [6, 6.07) is 7.96. The Kier molecular flexibility index (Phi) is 5.78. The predicted molar refractivity (Wildman–Crippen MR) is 95.2 cm³/mol. The van der Waals surface area contributed by atoms with Gasteiger partial charge in [0.05, 0.1) is 13.1 Å². The number of benzene rings is 1. The van der Waals surface area contributed by atoms with Crippen LogP contribution in [0.4, 0.5) is 5.69 Å². The van der Waals surface area contributed by atoms with Crippen LogP contribution in [0.3, 0.4) is 0 Å². The highest BCUT2D eigenvalue weighted by Gasteiger charge is 2.20. The van der Waals surface area contributed by atoms with E-state index in [1.54, 1.807) is 6.92 Å². The molecule has 0 radical (unpaired) electrons. The van der Waals surface area contributed by atoms with Crippen molar-refractivity contribution in [1.82, 2.24) is 20.0 Å². The molecule has 1 saturated heterocycles. The first-order valence-corrected chi connectivity index (χ1v) is 8.75. The van der Waals surface area contributed by atoms with Crippen LogP contribution in [0.2, 0.25) is 0 Å². The molecule has 134 valence electrons. The Balaban J connectivity index is 1.44. The van der Waals surface area contributed by atoms with Gasteiger partial charge in [0, 0.05) is 38.8 Å². The maximum absolute atomic E-state index is 12.3. The van der Waals surface area contributed by atoms with Crippen molar-refractivity contribution in [2.24, 2.45) is 0 Å². The number of aryl methyl sites for hydroxylation is 2. The van der Waals surface area contributed by atoms with Crippen molar-refractivity contribution < 1.29 is 9.21 Å². The average Bonchev–Trinajstić information content (AvgIpc) is 3.02. The third kappa shape index (κ3) is 4.87. The molecule has 1 aromatic heterocycles. The lowest BCUT2D eigenvalue weighted by Crippen LogP contribution is -2.48. The van der Waals surface area contributed by atoms with E-state index in [0.29, 0.717) is 24.9 Å². The van der Waals surface area contributed by atoms with Crippen LogP contribution in [0.1, 0.15) is 24.3 Å². The first-order chi connectivity index (χ1) is 12.1. The van der Waals surface area contributed by atoms with Gasteiger partial charge in [-0.25, -0.2) is 0 Å². The van der Waals surface area contributed by atoms with E-state index in [0.717, 1.165) is 43.9 Å². The maximum atomic E-state index is 12.3. The molecule has 2 aromatic rings. The van der Waals surface area contributed by atoms with E-state index < -0.39 is 0 Å². The lowest BCUT2D eigenvalue weighted by atomic mass is 10.1. The summed E-state index contributed by atoms with van der Waals surface area (Å²) in [6.07, 6.45) is 0.907. The number of para-hydroxylation sites is 1. The van der Waals surface area contributed by atoms with Gasteiger partial charge in [0.2, 0.25) is 17.7 Å². The molecule has 7 heteroatoms. The van der Waals surface area contributed by atoms with Crippen LogP contribution in [0, 0.1) is 6.92 Å². The third-order valence-corrected chi connectivity index (χ3v) is 4.43. The van der Waals surface area contributed by atoms with E-state index in [2.05, 4.69) is 32.2 Å². The van der Waals surface area contributed by atoms with E-state index in [-0.39, 0.29) is 5.91 Å². The van der Waals surface area contributed by atoms with Crippen molar-refractivity contribution in [3.63, 3.8) is 0 Å². The number of rotatable bonds is 6. The molecule has 1 N–H and O–H groups in total. The van der Waals surface area contributed by atoms with E-state index in [4.69, 9.17) is 4.42 Å². The molecular formula is C18H25N5O2. The number of carbonyl (C=O) groups is 1. The summed E-state index contributed by atoms with van der Waals surface area (Å²) in [7, 11) is 0. The lowest BCUT2D eigenvalue weighted by Gasteiger charge is -2.33. The molecule has 1 fully saturated rings. The minimum Gasteiger partial charge on any atom is -0.424 e. The second kappa shape index (κ2) is 8.22. The molecular weight excluding hydrogens is 318 g/mol. The summed E-state index contributed by atoms with van der Waals surface area (Å²) in [5, 5.41) is 10.9. The fraction of sp³-hybridized carbons (Fsp3) is 0.500. The summed E-state index contributed by atoms with van der Waals surface area (Å²) >= 11 is 0. The number of hydrogen-bond acceptors (Lipinski definition) is 6. The molecule has 0 aliphatic carbocycles. The molecule has 3 rings (SSSR count). The Labute approximate surface area is 148 Å². The SMILES string of the molecule is CCc1ccccc1NC(=O)CN1CCN(Cc2nnc(C)o2)CC1. The van der Waals surface area contributed by atoms with Gasteiger partial charge < -0.3 is 9.73 Å². The molecule has 2 heterocycles. The van der Waals surface area contributed by atoms with Gasteiger partial charge in [-0.05, 0) is 18.1 Å². The number of nitrogens with zero attached hydrogens (tertiary/aromatic N) is 4. The van der Waals surface area contributed by atoms with E-state index in [1.807, 2.05) is 24.3 Å². The van der Waals surface area contributed by atoms with Gasteiger partial charge in [-0.3, -0.25) is 14.6 Å². The van der Waals surface area contributed by atoms with Crippen LogP contribution in [0.5, 0.6) is 0 Å². The Hall–Kier alpha value is -2.25. The zero-order valence-corrected chi connectivity index (χ0v) is 14.9. The largest absolute Gasteiger partial charge is 0.424 e. The summed E-state index contributed by atoms with van der Waals surface area (Å²) in [5.74, 6) is 1.29. The van der Waals surface area contributed by atoms with Gasteiger partial charge in [0.25, 0.3) is 0 Å². The highest BCUT2D eigenvalue weighted by atomic mass is 16.4. The normalized spacial score (nSPS) is 16.1. The monoisotopic (exact) mass is 343 g/mol. The fourth-order valence-corrected chi connectivity index (χ4v) is 3.04. The van der Waals surface area contributed by atoms with Crippen LogP contribution in [0.25, 0.3) is 0 Å². The standard InChI is InChI=1S/C18H25N5O2/c1-3-15-6-4-5-7-16(15)19-17(24)12-22-8-10-23(11-9-22)13-18-21-20-14(2)25-18/h4-7H,3,8-13H2,1-2H3,(H,19,24). The van der Waals surface area contributed by atoms with E-state index in [1.165, 1.54) is 0 Å². The van der Waals surface area contributed by atoms with Crippen molar-refractivity contribution in [2.75, 3.05) is 38.0 Å². The number of hydrogen-bond donors (Lipinski definition) is 1. The molecule has 0 saturated carbocycles. The molecule has 1 aliphatic heterocycles. The Morgan fingerprint density at radius 3 is 2.56 bits per heavy atom. The molecule has 1 amide bonds. The maximum Gasteiger partial charge on any atom is 0.238 e. The van der Waals surface area contributed by atoms with Crippen molar-refractivity contribution in [3.05, 3.63) is 41.6 Å². The van der Waals surface area contributed by atoms with Crippen LogP contribution in [-0.2, 0) is 17.8 Å². The van der Waals surface area contributed by atoms with Crippen LogP contribution in [-0.4, -0.2) is 58.6 Å². The molecule has 1 aliphatic rings. The summed E-state index contributed by atoms with van der Waals surface area (Å²) < 4.78 is 5.42. The number of piperazine rings is 1. The van der Waals surface area contributed by atoms with Crippen LogP contribution in [0.15, 0.2) is 28.7 Å². The van der Waals surface area contributed by atoms with E-state index >= 15 is 0 Å². The van der Waals surface area contributed by atoms with Crippen molar-refractivity contribution in [3.8, 4) is 0 Å². The van der Waals surface area contributed by atoms with Gasteiger partial charge in [-0.15, -0.1) is 10.2 Å². The zero-order valence-electron chi connectivity index (χ0n) is 14.9. The topological polar surface area (TPSA) is 74.5 Å². The molecule has 1 aromatic carbocycles. The molecule has 7 nitrogen and oxygen atoms in total. The second-order valence-electron chi connectivity index (χ2n) is 6.33. The second-order valence-corrected chi connectivity index (χ2v) is 6.33. The van der Waals surface area contributed by atoms with Gasteiger partial charge in [-0.1, -0.05) is 25.1 Å². The summed E-state index contributed by atoms with van der Waals surface area (Å²) in [6.45, 7) is 8.47. The van der Waals surface area contributed by atoms with Crippen molar-refractivity contribution in [2.45, 2.75) is 26.8 Å². The Morgan fingerprint density at radius 2 is 1.88 bits per heavy atom. The third-order valence-electron chi connectivity index (χ3n) is 4.43. The van der Waals surface area contributed by atoms with Crippen molar-refractivity contribution >= 4 is 11.6 Å². The first-order valence-electron chi connectivity index (χ1n) is 8.75. The smallest absolute Gasteiger partial charge is 0.238 e. The lowest BCUT2D eigenvalue weighted by molar-refractivity contribution is -0.117. The van der Waals surface area contributed by atoms with Crippen LogP contribution < -0.4 is 5.32 Å². The zero-order chi connectivity index (χ0) is 17.6. The molecule has 0 spiro atoms. The highest BCUT2D eigenvalue weighted by Crippen LogP contribution is 2.15. The van der Waals surface area contributed by atoms with Crippen LogP contribution >= 0.6 is 0 Å². The first kappa shape index (κ1) is 17.6. The van der Waals surface area contributed by atoms with Gasteiger partial charge >= 0.3 is 0 Å². The summed E-state index contributed by atoms with van der Waals surface area (Å²) in [5.41, 5.74) is 2.08. The van der Waals surface area contributed by atoms with Gasteiger partial charge in [-0.2, -0.15) is 0 Å². The number of anilines is 1. The predicted octanol–water partition coefficient (Wildman–Crippen LogP) is 1.70. The number of aromatic nitrogens is 2. The summed E-state index contributed by atoms with van der Waals surface area (Å²) in [4.78, 5) is 16.8. The van der Waals surface area contributed by atoms with Crippen molar-refractivity contribution in [1.29, 1.82) is 0 Å².